The molecule has 1 nitrogen and oxygen atoms in total. The zero-order valence-corrected chi connectivity index (χ0v) is 8.04. The van der Waals surface area contributed by atoms with E-state index in [0.717, 1.165) is 11.2 Å². The van der Waals surface area contributed by atoms with Gasteiger partial charge in [-0.1, -0.05) is 6.08 Å². The van der Waals surface area contributed by atoms with E-state index in [4.69, 9.17) is 0 Å². The van der Waals surface area contributed by atoms with Gasteiger partial charge < -0.3 is 5.32 Å². The van der Waals surface area contributed by atoms with Crippen LogP contribution in [0, 0.1) is 5.92 Å². The van der Waals surface area contributed by atoms with Crippen molar-refractivity contribution in [2.75, 3.05) is 13.1 Å². The van der Waals surface area contributed by atoms with E-state index < -0.39 is 0 Å². The second-order valence-corrected chi connectivity index (χ2v) is 5.44. The minimum absolute atomic E-state index is 0.785. The van der Waals surface area contributed by atoms with Gasteiger partial charge in [0, 0.05) is 21.5 Å². The zero-order chi connectivity index (χ0) is 6.97. The summed E-state index contributed by atoms with van der Waals surface area (Å²) in [6, 6.07) is 0. The van der Waals surface area contributed by atoms with Gasteiger partial charge in [-0.05, 0) is 28.9 Å². The molecule has 0 radical (unpaired) electrons. The van der Waals surface area contributed by atoms with Crippen LogP contribution in [0.25, 0.3) is 0 Å². The van der Waals surface area contributed by atoms with Crippen LogP contribution in [-0.4, -0.2) is 18.3 Å². The number of piperidine rings is 1. The van der Waals surface area contributed by atoms with Gasteiger partial charge in [-0.25, -0.2) is 0 Å². The fourth-order valence-corrected chi connectivity index (χ4v) is 3.71. The van der Waals surface area contributed by atoms with Crippen LogP contribution in [-0.2, 0) is 0 Å². The number of halogens is 1. The Morgan fingerprint density at radius 1 is 1.70 bits per heavy atom. The van der Waals surface area contributed by atoms with Gasteiger partial charge >= 0.3 is 0 Å². The summed E-state index contributed by atoms with van der Waals surface area (Å²) in [5.74, 6) is 0.785. The van der Waals surface area contributed by atoms with Crippen molar-refractivity contribution in [2.24, 2.45) is 5.92 Å². The fourth-order valence-electron chi connectivity index (χ4n) is 1.52. The average molecular weight is 220 g/mol. The predicted molar refractivity (Wildman–Crippen MR) is 49.4 cm³/mol. The molecule has 2 rings (SSSR count). The van der Waals surface area contributed by atoms with Crippen molar-refractivity contribution in [2.45, 2.75) is 11.7 Å². The number of fused-ring (bicyclic) bond motifs is 1. The first-order chi connectivity index (χ1) is 4.86. The standard InChI is InChI=1S/C7H10BrNS/c8-7-3-5-4-9-2-1-6(5)10-7/h3,5-6,9H,1-2,4H2. The Balaban J connectivity index is 2.06. The highest BCUT2D eigenvalue weighted by molar-refractivity contribution is 9.14. The molecule has 0 saturated carbocycles. The average Bonchev–Trinajstić information content (AvgIpc) is 2.27. The van der Waals surface area contributed by atoms with Crippen molar-refractivity contribution in [1.29, 1.82) is 0 Å². The number of nitrogens with one attached hydrogen (secondary N) is 1. The largest absolute Gasteiger partial charge is 0.316 e. The van der Waals surface area contributed by atoms with E-state index in [-0.39, 0.29) is 0 Å². The highest BCUT2D eigenvalue weighted by Gasteiger charge is 2.29. The molecule has 1 N–H and O–H groups in total. The first-order valence-electron chi connectivity index (χ1n) is 3.61. The van der Waals surface area contributed by atoms with Crippen LogP contribution in [0.15, 0.2) is 9.89 Å². The van der Waals surface area contributed by atoms with Crippen molar-refractivity contribution in [3.63, 3.8) is 0 Å². The molecule has 0 aliphatic carbocycles. The quantitative estimate of drug-likeness (QED) is 0.669. The van der Waals surface area contributed by atoms with Crippen molar-refractivity contribution < 1.29 is 0 Å². The Morgan fingerprint density at radius 3 is 3.40 bits per heavy atom. The maximum atomic E-state index is 3.52. The van der Waals surface area contributed by atoms with Crippen LogP contribution in [0.2, 0.25) is 0 Å². The highest BCUT2D eigenvalue weighted by atomic mass is 79.9. The molecule has 2 unspecified atom stereocenters. The minimum atomic E-state index is 0.785. The summed E-state index contributed by atoms with van der Waals surface area (Å²) >= 11 is 5.51. The molecule has 2 aliphatic heterocycles. The molecule has 0 spiro atoms. The van der Waals surface area contributed by atoms with Crippen LogP contribution in [0.1, 0.15) is 6.42 Å². The summed E-state index contributed by atoms with van der Waals surface area (Å²) in [4.78, 5) is 0. The lowest BCUT2D eigenvalue weighted by molar-refractivity contribution is 0.456. The Labute approximate surface area is 73.8 Å². The second-order valence-electron chi connectivity index (χ2n) is 2.78. The number of hydrogen-bond acceptors (Lipinski definition) is 2. The summed E-state index contributed by atoms with van der Waals surface area (Å²) in [5, 5.41) is 4.26. The molecule has 10 heavy (non-hydrogen) atoms. The molecule has 2 aliphatic rings. The van der Waals surface area contributed by atoms with Gasteiger partial charge in [-0.3, -0.25) is 0 Å². The van der Waals surface area contributed by atoms with Crippen LogP contribution in [0.3, 0.4) is 0 Å². The number of rotatable bonds is 0. The van der Waals surface area contributed by atoms with Crippen molar-refractivity contribution >= 4 is 27.7 Å². The third-order valence-corrected chi connectivity index (χ3v) is 4.15. The molecule has 1 saturated heterocycles. The Kier molecular flexibility index (Phi) is 2.07. The molecule has 0 aromatic rings. The van der Waals surface area contributed by atoms with Crippen molar-refractivity contribution in [3.8, 4) is 0 Å². The van der Waals surface area contributed by atoms with E-state index in [2.05, 4.69) is 27.3 Å². The minimum Gasteiger partial charge on any atom is -0.316 e. The molecule has 56 valence electrons. The van der Waals surface area contributed by atoms with Gasteiger partial charge in [0.05, 0.1) is 0 Å². The van der Waals surface area contributed by atoms with E-state index in [1.807, 2.05) is 11.8 Å². The van der Waals surface area contributed by atoms with Crippen molar-refractivity contribution in [3.05, 3.63) is 9.89 Å². The second kappa shape index (κ2) is 2.88. The summed E-state index contributed by atoms with van der Waals surface area (Å²) in [5.41, 5.74) is 0. The monoisotopic (exact) mass is 219 g/mol. The fraction of sp³-hybridized carbons (Fsp3) is 0.714. The van der Waals surface area contributed by atoms with Gasteiger partial charge in [-0.2, -0.15) is 0 Å². The molecular formula is C7H10BrNS. The van der Waals surface area contributed by atoms with Crippen LogP contribution in [0.4, 0.5) is 0 Å². The molecule has 0 aromatic heterocycles. The Morgan fingerprint density at radius 2 is 2.60 bits per heavy atom. The normalized spacial score (nSPS) is 39.1. The van der Waals surface area contributed by atoms with Gasteiger partial charge in [0.15, 0.2) is 0 Å². The van der Waals surface area contributed by atoms with Crippen LogP contribution in [0.5, 0.6) is 0 Å². The molecule has 3 heteroatoms. The molecular weight excluding hydrogens is 210 g/mol. The van der Waals surface area contributed by atoms with Crippen LogP contribution >= 0.6 is 27.7 Å². The smallest absolute Gasteiger partial charge is 0.0469 e. The number of thioether (sulfide) groups is 1. The first kappa shape index (κ1) is 7.19. The lowest BCUT2D eigenvalue weighted by Gasteiger charge is -2.24. The maximum Gasteiger partial charge on any atom is 0.0469 e. The van der Waals surface area contributed by atoms with E-state index >= 15 is 0 Å². The summed E-state index contributed by atoms with van der Waals surface area (Å²) < 4.78 is 1.34. The van der Waals surface area contributed by atoms with Gasteiger partial charge in [-0.15, -0.1) is 11.8 Å². The summed E-state index contributed by atoms with van der Waals surface area (Å²) in [6.45, 7) is 2.37. The lowest BCUT2D eigenvalue weighted by atomic mass is 10.00. The SMILES string of the molecule is BrC1=CC2CNCCC2S1. The maximum absolute atomic E-state index is 3.52. The predicted octanol–water partition coefficient (Wildman–Crippen LogP) is 1.95. The number of hydrogen-bond donors (Lipinski definition) is 1. The van der Waals surface area contributed by atoms with Gasteiger partial charge in [0.2, 0.25) is 0 Å². The topological polar surface area (TPSA) is 12.0 Å². The zero-order valence-electron chi connectivity index (χ0n) is 5.64. The molecule has 1 fully saturated rings. The Hall–Kier alpha value is 0.530. The molecule has 2 atom stereocenters. The highest BCUT2D eigenvalue weighted by Crippen LogP contribution is 2.42. The van der Waals surface area contributed by atoms with Gasteiger partial charge in [0.25, 0.3) is 0 Å². The molecule has 2 heterocycles. The van der Waals surface area contributed by atoms with Crippen LogP contribution < -0.4 is 5.32 Å². The Bertz CT molecular complexity index is 169. The van der Waals surface area contributed by atoms with Crippen molar-refractivity contribution in [1.82, 2.24) is 5.32 Å². The molecule has 0 bridgehead atoms. The molecule has 0 aromatic carbocycles. The third kappa shape index (κ3) is 1.27. The first-order valence-corrected chi connectivity index (χ1v) is 5.28. The lowest BCUT2D eigenvalue weighted by Crippen LogP contribution is -2.35. The molecule has 0 amide bonds. The summed E-state index contributed by atoms with van der Waals surface area (Å²) in [6.07, 6.45) is 3.66. The van der Waals surface area contributed by atoms with E-state index in [1.165, 1.54) is 23.3 Å². The van der Waals surface area contributed by atoms with E-state index in [1.54, 1.807) is 0 Å². The summed E-state index contributed by atoms with van der Waals surface area (Å²) in [7, 11) is 0. The third-order valence-electron chi connectivity index (χ3n) is 2.07. The van der Waals surface area contributed by atoms with Gasteiger partial charge in [0.1, 0.15) is 0 Å². The van der Waals surface area contributed by atoms with E-state index in [9.17, 15) is 0 Å². The van der Waals surface area contributed by atoms with E-state index in [0.29, 0.717) is 0 Å².